The van der Waals surface area contributed by atoms with E-state index in [9.17, 15) is 22.8 Å². The monoisotopic (exact) mass is 237 g/mol. The summed E-state index contributed by atoms with van der Waals surface area (Å²) in [6.45, 7) is 0. The molecule has 2 fully saturated rings. The van der Waals surface area contributed by atoms with E-state index in [4.69, 9.17) is 5.11 Å². The first-order valence-electron chi connectivity index (χ1n) is 4.91. The molecule has 0 radical (unpaired) electrons. The van der Waals surface area contributed by atoms with Crippen molar-refractivity contribution in [1.82, 2.24) is 5.32 Å². The molecule has 2 atom stereocenters. The van der Waals surface area contributed by atoms with Gasteiger partial charge < -0.3 is 10.4 Å². The van der Waals surface area contributed by atoms with Gasteiger partial charge in [-0.05, 0) is 24.7 Å². The molecule has 16 heavy (non-hydrogen) atoms. The number of carbonyl (C=O) groups is 2. The van der Waals surface area contributed by atoms with Crippen molar-refractivity contribution >= 4 is 11.9 Å². The summed E-state index contributed by atoms with van der Waals surface area (Å²) in [5, 5.41) is 10.6. The van der Waals surface area contributed by atoms with Crippen molar-refractivity contribution in [2.24, 2.45) is 17.8 Å². The maximum absolute atomic E-state index is 11.9. The van der Waals surface area contributed by atoms with Crippen molar-refractivity contribution in [2.75, 3.05) is 0 Å². The van der Waals surface area contributed by atoms with Crippen molar-refractivity contribution in [1.29, 1.82) is 0 Å². The first-order valence-corrected chi connectivity index (χ1v) is 4.91. The van der Waals surface area contributed by atoms with Crippen LogP contribution in [0.5, 0.6) is 0 Å². The third-order valence-electron chi connectivity index (χ3n) is 3.32. The van der Waals surface area contributed by atoms with Crippen LogP contribution in [0.25, 0.3) is 0 Å². The molecule has 2 aliphatic carbocycles. The summed E-state index contributed by atoms with van der Waals surface area (Å²) in [4.78, 5) is 21.2. The van der Waals surface area contributed by atoms with Crippen LogP contribution in [0.15, 0.2) is 0 Å². The molecular weight excluding hydrogens is 227 g/mol. The number of rotatable bonds is 2. The summed E-state index contributed by atoms with van der Waals surface area (Å²) < 4.78 is 35.7. The Bertz CT molecular complexity index is 329. The predicted octanol–water partition coefficient (Wildman–Crippen LogP) is 0.774. The number of alkyl halides is 3. The first kappa shape index (κ1) is 11.2. The third-order valence-corrected chi connectivity index (χ3v) is 3.32. The second-order valence-electron chi connectivity index (χ2n) is 4.33. The lowest BCUT2D eigenvalue weighted by atomic mass is 10.1. The maximum atomic E-state index is 11.9. The fraction of sp³-hybridized carbons (Fsp3) is 0.778. The van der Waals surface area contributed by atoms with Crippen molar-refractivity contribution in [3.8, 4) is 0 Å². The number of carbonyl (C=O) groups excluding carboxylic acids is 1. The molecule has 0 spiro atoms. The molecule has 2 aliphatic rings. The molecule has 2 N–H and O–H groups in total. The average Bonchev–Trinajstić information content (AvgIpc) is 2.63. The summed E-state index contributed by atoms with van der Waals surface area (Å²) in [5.41, 5.74) is 0. The topological polar surface area (TPSA) is 66.4 Å². The molecule has 2 rings (SSSR count). The molecular formula is C9H10F3NO3. The van der Waals surface area contributed by atoms with E-state index in [0.29, 0.717) is 12.8 Å². The van der Waals surface area contributed by atoms with Crippen molar-refractivity contribution in [3.05, 3.63) is 0 Å². The quantitative estimate of drug-likeness (QED) is 0.745. The second kappa shape index (κ2) is 3.36. The summed E-state index contributed by atoms with van der Waals surface area (Å²) in [6.07, 6.45) is -4.19. The molecule has 2 unspecified atom stereocenters. The van der Waals surface area contributed by atoms with Crippen LogP contribution in [0.1, 0.15) is 12.8 Å². The van der Waals surface area contributed by atoms with E-state index in [1.807, 2.05) is 5.32 Å². The third kappa shape index (κ3) is 1.85. The zero-order valence-corrected chi connectivity index (χ0v) is 8.12. The first-order chi connectivity index (χ1) is 7.30. The van der Waals surface area contributed by atoms with E-state index in [2.05, 4.69) is 0 Å². The SMILES string of the molecule is O=C(O)C1C2CC(NC(=O)C(F)(F)F)CC21. The molecule has 0 bridgehead atoms. The zero-order chi connectivity index (χ0) is 12.1. The molecule has 90 valence electrons. The summed E-state index contributed by atoms with van der Waals surface area (Å²) in [6, 6.07) is -0.528. The Morgan fingerprint density at radius 3 is 2.06 bits per heavy atom. The van der Waals surface area contributed by atoms with Gasteiger partial charge in [-0.2, -0.15) is 13.2 Å². The smallest absolute Gasteiger partial charge is 0.471 e. The number of hydrogen-bond acceptors (Lipinski definition) is 2. The molecule has 7 heteroatoms. The summed E-state index contributed by atoms with van der Waals surface area (Å²) in [5.74, 6) is -3.37. The van der Waals surface area contributed by atoms with Gasteiger partial charge in [-0.1, -0.05) is 0 Å². The largest absolute Gasteiger partial charge is 0.481 e. The van der Waals surface area contributed by atoms with E-state index in [-0.39, 0.29) is 11.8 Å². The van der Waals surface area contributed by atoms with Crippen LogP contribution >= 0.6 is 0 Å². The highest BCUT2D eigenvalue weighted by Gasteiger charge is 2.60. The van der Waals surface area contributed by atoms with Gasteiger partial charge in [-0.3, -0.25) is 9.59 Å². The highest BCUT2D eigenvalue weighted by molar-refractivity contribution is 5.82. The van der Waals surface area contributed by atoms with Crippen LogP contribution in [0, 0.1) is 17.8 Å². The Kier molecular flexibility index (Phi) is 2.36. The predicted molar refractivity (Wildman–Crippen MR) is 45.3 cm³/mol. The van der Waals surface area contributed by atoms with E-state index < -0.39 is 30.0 Å². The summed E-state index contributed by atoms with van der Waals surface area (Å²) >= 11 is 0. The molecule has 0 saturated heterocycles. The van der Waals surface area contributed by atoms with Gasteiger partial charge >= 0.3 is 18.1 Å². The highest BCUT2D eigenvalue weighted by Crippen LogP contribution is 2.57. The molecule has 0 heterocycles. The number of amides is 1. The fourth-order valence-corrected chi connectivity index (χ4v) is 2.59. The van der Waals surface area contributed by atoms with E-state index >= 15 is 0 Å². The molecule has 0 aromatic carbocycles. The Hall–Kier alpha value is -1.27. The van der Waals surface area contributed by atoms with Crippen LogP contribution in [-0.2, 0) is 9.59 Å². The van der Waals surface area contributed by atoms with Crippen LogP contribution in [-0.4, -0.2) is 29.2 Å². The lowest BCUT2D eigenvalue weighted by molar-refractivity contribution is -0.174. The zero-order valence-electron chi connectivity index (χ0n) is 8.12. The Labute approximate surface area is 88.8 Å². The molecule has 0 aliphatic heterocycles. The maximum Gasteiger partial charge on any atom is 0.471 e. The van der Waals surface area contributed by atoms with E-state index in [1.165, 1.54) is 0 Å². The van der Waals surface area contributed by atoms with Crippen molar-refractivity contribution in [2.45, 2.75) is 25.1 Å². The van der Waals surface area contributed by atoms with Gasteiger partial charge in [0, 0.05) is 6.04 Å². The minimum absolute atomic E-state index is 0.0592. The lowest BCUT2D eigenvalue weighted by Crippen LogP contribution is -2.42. The number of carboxylic acids is 1. The standard InChI is InChI=1S/C9H10F3NO3/c10-9(11,12)8(16)13-3-1-4-5(2-3)6(4)7(14)15/h3-6H,1-2H2,(H,13,16)(H,14,15). The lowest BCUT2D eigenvalue weighted by Gasteiger charge is -2.16. The van der Waals surface area contributed by atoms with Gasteiger partial charge in [0.15, 0.2) is 0 Å². The van der Waals surface area contributed by atoms with E-state index in [1.54, 1.807) is 0 Å². The molecule has 0 aromatic rings. The summed E-state index contributed by atoms with van der Waals surface area (Å²) in [7, 11) is 0. The van der Waals surface area contributed by atoms with Gasteiger partial charge in [0.05, 0.1) is 5.92 Å². The van der Waals surface area contributed by atoms with Crippen LogP contribution in [0.4, 0.5) is 13.2 Å². The highest BCUT2D eigenvalue weighted by atomic mass is 19.4. The number of carboxylic acid groups (broad SMARTS) is 1. The van der Waals surface area contributed by atoms with Gasteiger partial charge in [0.1, 0.15) is 0 Å². The van der Waals surface area contributed by atoms with Gasteiger partial charge in [-0.15, -0.1) is 0 Å². The average molecular weight is 237 g/mol. The number of aliphatic carboxylic acids is 1. The minimum Gasteiger partial charge on any atom is -0.481 e. The molecule has 1 amide bonds. The number of hydrogen-bond donors (Lipinski definition) is 2. The number of nitrogens with one attached hydrogen (secondary N) is 1. The molecule has 2 saturated carbocycles. The van der Waals surface area contributed by atoms with Crippen LogP contribution < -0.4 is 5.32 Å². The Morgan fingerprint density at radius 1 is 1.19 bits per heavy atom. The normalized spacial score (nSPS) is 36.7. The molecule has 4 nitrogen and oxygen atoms in total. The number of fused-ring (bicyclic) bond motifs is 1. The van der Waals surface area contributed by atoms with Gasteiger partial charge in [-0.25, -0.2) is 0 Å². The van der Waals surface area contributed by atoms with Crippen molar-refractivity contribution < 1.29 is 27.9 Å². The van der Waals surface area contributed by atoms with Crippen LogP contribution in [0.3, 0.4) is 0 Å². The Balaban J connectivity index is 1.82. The van der Waals surface area contributed by atoms with Gasteiger partial charge in [0.25, 0.3) is 0 Å². The van der Waals surface area contributed by atoms with Crippen LogP contribution in [0.2, 0.25) is 0 Å². The fourth-order valence-electron chi connectivity index (χ4n) is 2.59. The molecule has 0 aromatic heterocycles. The van der Waals surface area contributed by atoms with Crippen molar-refractivity contribution in [3.63, 3.8) is 0 Å². The minimum atomic E-state index is -4.86. The van der Waals surface area contributed by atoms with Gasteiger partial charge in [0.2, 0.25) is 0 Å². The number of halogens is 3. The second-order valence-corrected chi connectivity index (χ2v) is 4.33. The van der Waals surface area contributed by atoms with E-state index in [0.717, 1.165) is 0 Å². The Morgan fingerprint density at radius 2 is 1.69 bits per heavy atom.